The summed E-state index contributed by atoms with van der Waals surface area (Å²) in [7, 11) is 0. The van der Waals surface area contributed by atoms with Crippen molar-refractivity contribution in [1.82, 2.24) is 15.3 Å². The fourth-order valence-electron chi connectivity index (χ4n) is 1.11. The first-order valence-corrected chi connectivity index (χ1v) is 5.67. The third-order valence-corrected chi connectivity index (χ3v) is 2.63. The van der Waals surface area contributed by atoms with E-state index in [1.54, 1.807) is 6.20 Å². The van der Waals surface area contributed by atoms with E-state index in [0.717, 1.165) is 11.2 Å². The van der Waals surface area contributed by atoms with Crippen molar-refractivity contribution in [3.63, 3.8) is 0 Å². The maximum absolute atomic E-state index is 12.6. The normalized spacial score (nSPS) is 9.94. The molecular formula is C10H9FN4OS. The Hall–Kier alpha value is -2.02. The summed E-state index contributed by atoms with van der Waals surface area (Å²) < 4.78 is 12.6. The van der Waals surface area contributed by atoms with Gasteiger partial charge in [-0.25, -0.2) is 19.2 Å². The van der Waals surface area contributed by atoms with Crippen LogP contribution >= 0.6 is 11.3 Å². The molecule has 0 fully saturated rings. The lowest BCUT2D eigenvalue weighted by Crippen LogP contribution is -2.28. The molecule has 0 atom stereocenters. The van der Waals surface area contributed by atoms with E-state index < -0.39 is 11.8 Å². The lowest BCUT2D eigenvalue weighted by molar-refractivity contribution is 0.251. The van der Waals surface area contributed by atoms with E-state index in [9.17, 15) is 9.18 Å². The van der Waals surface area contributed by atoms with Gasteiger partial charge in [0.25, 0.3) is 0 Å². The lowest BCUT2D eigenvalue weighted by Gasteiger charge is -2.05. The zero-order valence-electron chi connectivity index (χ0n) is 8.68. The van der Waals surface area contributed by atoms with Gasteiger partial charge in [-0.15, -0.1) is 11.3 Å². The maximum Gasteiger partial charge on any atom is 0.320 e. The van der Waals surface area contributed by atoms with Crippen molar-refractivity contribution in [3.05, 3.63) is 40.7 Å². The molecule has 2 heterocycles. The first-order chi connectivity index (χ1) is 8.24. The van der Waals surface area contributed by atoms with Gasteiger partial charge in [-0.3, -0.25) is 5.32 Å². The number of hydrogen-bond donors (Lipinski definition) is 2. The largest absolute Gasteiger partial charge is 0.331 e. The van der Waals surface area contributed by atoms with Crippen molar-refractivity contribution in [2.24, 2.45) is 0 Å². The number of halogens is 1. The van der Waals surface area contributed by atoms with Gasteiger partial charge in [0.05, 0.1) is 12.7 Å². The second-order valence-corrected chi connectivity index (χ2v) is 4.07. The number of rotatable bonds is 3. The Balaban J connectivity index is 1.83. The van der Waals surface area contributed by atoms with E-state index in [1.165, 1.54) is 23.5 Å². The summed E-state index contributed by atoms with van der Waals surface area (Å²) in [5, 5.41) is 7.73. The van der Waals surface area contributed by atoms with E-state index in [0.29, 0.717) is 12.4 Å². The minimum Gasteiger partial charge on any atom is -0.331 e. The summed E-state index contributed by atoms with van der Waals surface area (Å²) in [6.45, 7) is 0.352. The minimum atomic E-state index is -0.446. The van der Waals surface area contributed by atoms with Crippen LogP contribution in [0, 0.1) is 5.82 Å². The fraction of sp³-hybridized carbons (Fsp3) is 0.100. The Labute approximate surface area is 101 Å². The van der Waals surface area contributed by atoms with Gasteiger partial charge >= 0.3 is 6.03 Å². The molecular weight excluding hydrogens is 243 g/mol. The van der Waals surface area contributed by atoms with Crippen molar-refractivity contribution >= 4 is 23.2 Å². The van der Waals surface area contributed by atoms with E-state index in [-0.39, 0.29) is 0 Å². The number of aromatic nitrogens is 2. The Morgan fingerprint density at radius 1 is 1.41 bits per heavy atom. The molecule has 0 radical (unpaired) electrons. The summed E-state index contributed by atoms with van der Waals surface area (Å²) in [5.41, 5.74) is 0. The zero-order valence-corrected chi connectivity index (χ0v) is 9.50. The number of carbonyl (C=O) groups is 1. The Morgan fingerprint density at radius 3 is 2.94 bits per heavy atom. The molecule has 0 saturated carbocycles. The molecule has 2 aromatic heterocycles. The van der Waals surface area contributed by atoms with Gasteiger partial charge in [-0.1, -0.05) is 0 Å². The smallest absolute Gasteiger partial charge is 0.320 e. The zero-order chi connectivity index (χ0) is 12.1. The Bertz CT molecular complexity index is 486. The summed E-state index contributed by atoms with van der Waals surface area (Å²) in [4.78, 5) is 19.1. The number of amides is 2. The van der Waals surface area contributed by atoms with E-state index >= 15 is 0 Å². The first kappa shape index (κ1) is 11.5. The van der Waals surface area contributed by atoms with Crippen LogP contribution in [-0.4, -0.2) is 16.0 Å². The van der Waals surface area contributed by atoms with Crippen molar-refractivity contribution in [1.29, 1.82) is 0 Å². The Morgan fingerprint density at radius 2 is 2.29 bits per heavy atom. The molecule has 0 saturated heterocycles. The highest BCUT2D eigenvalue weighted by molar-refractivity contribution is 7.09. The third-order valence-electron chi connectivity index (χ3n) is 1.85. The summed E-state index contributed by atoms with van der Waals surface area (Å²) in [5.74, 6) is -0.151. The second kappa shape index (κ2) is 5.35. The highest BCUT2D eigenvalue weighted by atomic mass is 32.1. The topological polar surface area (TPSA) is 66.9 Å². The second-order valence-electron chi connectivity index (χ2n) is 3.10. The molecule has 0 bridgehead atoms. The number of nitrogens with zero attached hydrogens (tertiary/aromatic N) is 2. The monoisotopic (exact) mass is 252 g/mol. The fourth-order valence-corrected chi connectivity index (χ4v) is 1.66. The number of pyridine rings is 1. The van der Waals surface area contributed by atoms with Crippen LogP contribution in [0.5, 0.6) is 0 Å². The van der Waals surface area contributed by atoms with Crippen LogP contribution in [-0.2, 0) is 6.54 Å². The standard InChI is InChI=1S/C10H9FN4OS/c11-7-1-2-8(13-5-7)15-10(16)14-6-9-12-3-4-17-9/h1-5H,6H2,(H2,13,14,15,16). The summed E-state index contributed by atoms with van der Waals surface area (Å²) in [6, 6.07) is 2.21. The molecule has 7 heteroatoms. The molecule has 0 aliphatic heterocycles. The molecule has 2 amide bonds. The number of thiazole rings is 1. The minimum absolute atomic E-state index is 0.294. The number of hydrogen-bond acceptors (Lipinski definition) is 4. The Kier molecular flexibility index (Phi) is 3.61. The molecule has 2 rings (SSSR count). The number of anilines is 1. The van der Waals surface area contributed by atoms with Crippen LogP contribution in [0.3, 0.4) is 0 Å². The molecule has 0 spiro atoms. The van der Waals surface area contributed by atoms with Crippen molar-refractivity contribution < 1.29 is 9.18 Å². The van der Waals surface area contributed by atoms with Gasteiger partial charge in [-0.2, -0.15) is 0 Å². The molecule has 0 aliphatic carbocycles. The van der Waals surface area contributed by atoms with Crippen molar-refractivity contribution in [2.75, 3.05) is 5.32 Å². The van der Waals surface area contributed by atoms with Crippen LogP contribution in [0.15, 0.2) is 29.9 Å². The molecule has 0 aliphatic rings. The molecule has 2 aromatic rings. The summed E-state index contributed by atoms with van der Waals surface area (Å²) >= 11 is 1.45. The average molecular weight is 252 g/mol. The molecule has 17 heavy (non-hydrogen) atoms. The predicted octanol–water partition coefficient (Wildman–Crippen LogP) is 2.00. The SMILES string of the molecule is O=C(NCc1nccs1)Nc1ccc(F)cn1. The van der Waals surface area contributed by atoms with Gasteiger partial charge in [-0.05, 0) is 12.1 Å². The molecule has 2 N–H and O–H groups in total. The van der Waals surface area contributed by atoms with E-state index in [1.807, 2.05) is 5.38 Å². The number of carbonyl (C=O) groups excluding carboxylic acids is 1. The average Bonchev–Trinajstić information content (AvgIpc) is 2.83. The third kappa shape index (κ3) is 3.49. The van der Waals surface area contributed by atoms with E-state index in [2.05, 4.69) is 20.6 Å². The quantitative estimate of drug-likeness (QED) is 0.878. The molecule has 0 unspecified atom stereocenters. The van der Waals surface area contributed by atoms with Crippen LogP contribution in [0.4, 0.5) is 15.0 Å². The summed E-state index contributed by atoms with van der Waals surface area (Å²) in [6.07, 6.45) is 2.71. The molecule has 0 aromatic carbocycles. The van der Waals surface area contributed by atoms with Crippen molar-refractivity contribution in [3.8, 4) is 0 Å². The van der Waals surface area contributed by atoms with E-state index in [4.69, 9.17) is 0 Å². The lowest BCUT2D eigenvalue weighted by atomic mass is 10.4. The van der Waals surface area contributed by atoms with Crippen LogP contribution in [0.1, 0.15) is 5.01 Å². The maximum atomic E-state index is 12.6. The van der Waals surface area contributed by atoms with Crippen LogP contribution in [0.2, 0.25) is 0 Å². The number of nitrogens with one attached hydrogen (secondary N) is 2. The van der Waals surface area contributed by atoms with Gasteiger partial charge in [0.1, 0.15) is 16.6 Å². The highest BCUT2D eigenvalue weighted by Gasteiger charge is 2.03. The highest BCUT2D eigenvalue weighted by Crippen LogP contribution is 2.04. The van der Waals surface area contributed by atoms with Gasteiger partial charge in [0.15, 0.2) is 0 Å². The van der Waals surface area contributed by atoms with Crippen LogP contribution < -0.4 is 10.6 Å². The van der Waals surface area contributed by atoms with Crippen molar-refractivity contribution in [2.45, 2.75) is 6.54 Å². The number of urea groups is 1. The van der Waals surface area contributed by atoms with Crippen LogP contribution in [0.25, 0.3) is 0 Å². The molecule has 5 nitrogen and oxygen atoms in total. The first-order valence-electron chi connectivity index (χ1n) is 4.79. The van der Waals surface area contributed by atoms with Gasteiger partial charge in [0.2, 0.25) is 0 Å². The van der Waals surface area contributed by atoms with Gasteiger partial charge < -0.3 is 5.32 Å². The van der Waals surface area contributed by atoms with Gasteiger partial charge in [0, 0.05) is 11.6 Å². The predicted molar refractivity (Wildman–Crippen MR) is 62.2 cm³/mol. The molecule has 88 valence electrons.